The first kappa shape index (κ1) is 13.8. The molecule has 0 aliphatic rings. The average molecular weight is 287 g/mol. The molecule has 1 heterocycles. The van der Waals surface area contributed by atoms with E-state index >= 15 is 0 Å². The molecule has 0 radical (unpaired) electrons. The van der Waals surface area contributed by atoms with Crippen molar-refractivity contribution in [2.45, 2.75) is 16.8 Å². The van der Waals surface area contributed by atoms with Crippen molar-refractivity contribution in [3.05, 3.63) is 41.7 Å². The number of alkyl halides is 3. The van der Waals surface area contributed by atoms with Gasteiger partial charge >= 0.3 is 6.18 Å². The van der Waals surface area contributed by atoms with Crippen LogP contribution in [0.3, 0.4) is 0 Å². The summed E-state index contributed by atoms with van der Waals surface area (Å²) in [5, 5.41) is 4.19. The highest BCUT2D eigenvalue weighted by Gasteiger charge is 2.30. The first-order valence-electron chi connectivity index (χ1n) is 5.44. The molecule has 102 valence electrons. The molecule has 0 aliphatic carbocycles. The summed E-state index contributed by atoms with van der Waals surface area (Å²) in [6, 6.07) is 5.25. The molecule has 0 unspecified atom stereocenters. The third-order valence-corrected chi connectivity index (χ3v) is 3.60. The molecule has 2 N–H and O–H groups in total. The zero-order valence-electron chi connectivity index (χ0n) is 10.1. The molecule has 0 aliphatic heterocycles. The predicted octanol–water partition coefficient (Wildman–Crippen LogP) is 3.31. The topological polar surface area (TPSA) is 43.8 Å². The monoisotopic (exact) mass is 287 g/mol. The molecular formula is C12H12F3N3S. The van der Waals surface area contributed by atoms with Crippen LogP contribution >= 0.6 is 11.8 Å². The van der Waals surface area contributed by atoms with Gasteiger partial charge in [0.1, 0.15) is 0 Å². The van der Waals surface area contributed by atoms with Crippen LogP contribution in [0.4, 0.5) is 18.9 Å². The maximum Gasteiger partial charge on any atom is 0.416 e. The van der Waals surface area contributed by atoms with Crippen molar-refractivity contribution < 1.29 is 13.2 Å². The number of halogens is 3. The van der Waals surface area contributed by atoms with Crippen molar-refractivity contribution in [1.29, 1.82) is 0 Å². The van der Waals surface area contributed by atoms with Gasteiger partial charge in [-0.1, -0.05) is 0 Å². The van der Waals surface area contributed by atoms with Crippen LogP contribution in [0.15, 0.2) is 35.4 Å². The molecule has 0 amide bonds. The Balaban J connectivity index is 2.09. The van der Waals surface area contributed by atoms with Gasteiger partial charge in [0.2, 0.25) is 0 Å². The Morgan fingerprint density at radius 1 is 1.32 bits per heavy atom. The Kier molecular flexibility index (Phi) is 3.75. The highest BCUT2D eigenvalue weighted by molar-refractivity contribution is 7.98. The lowest BCUT2D eigenvalue weighted by molar-refractivity contribution is -0.137. The van der Waals surface area contributed by atoms with Gasteiger partial charge in [0, 0.05) is 29.6 Å². The summed E-state index contributed by atoms with van der Waals surface area (Å²) in [6.07, 6.45) is -2.55. The average Bonchev–Trinajstić information content (AvgIpc) is 2.72. The lowest BCUT2D eigenvalue weighted by Gasteiger charge is -2.10. The van der Waals surface area contributed by atoms with Crippen molar-refractivity contribution in [3.63, 3.8) is 0 Å². The van der Waals surface area contributed by atoms with E-state index in [4.69, 9.17) is 5.73 Å². The van der Waals surface area contributed by atoms with E-state index in [0.717, 1.165) is 17.8 Å². The SMILES string of the molecule is Cn1ccc(CSc2ccc(C(F)(F)F)cc2N)n1. The molecule has 0 saturated heterocycles. The summed E-state index contributed by atoms with van der Waals surface area (Å²) in [4.78, 5) is 0.624. The second kappa shape index (κ2) is 5.16. The maximum absolute atomic E-state index is 12.5. The molecule has 1 aromatic heterocycles. The number of hydrogen-bond donors (Lipinski definition) is 1. The van der Waals surface area contributed by atoms with Gasteiger partial charge in [0.05, 0.1) is 11.3 Å². The zero-order valence-corrected chi connectivity index (χ0v) is 10.9. The number of hydrogen-bond acceptors (Lipinski definition) is 3. The van der Waals surface area contributed by atoms with Crippen molar-refractivity contribution in [2.24, 2.45) is 7.05 Å². The number of aromatic nitrogens is 2. The smallest absolute Gasteiger partial charge is 0.398 e. The molecule has 0 spiro atoms. The lowest BCUT2D eigenvalue weighted by Crippen LogP contribution is -2.05. The van der Waals surface area contributed by atoms with Crippen LogP contribution in [0.25, 0.3) is 0 Å². The van der Waals surface area contributed by atoms with Crippen molar-refractivity contribution >= 4 is 17.4 Å². The fraction of sp³-hybridized carbons (Fsp3) is 0.250. The van der Waals surface area contributed by atoms with E-state index in [1.54, 1.807) is 11.7 Å². The summed E-state index contributed by atoms with van der Waals surface area (Å²) in [6.45, 7) is 0. The number of aryl methyl sites for hydroxylation is 1. The summed E-state index contributed by atoms with van der Waals surface area (Å²) in [5.41, 5.74) is 5.90. The molecule has 0 fully saturated rings. The first-order chi connectivity index (χ1) is 8.86. The van der Waals surface area contributed by atoms with Gasteiger partial charge < -0.3 is 5.73 Å². The fourth-order valence-corrected chi connectivity index (χ4v) is 2.40. The molecular weight excluding hydrogens is 275 g/mol. The Morgan fingerprint density at radius 2 is 2.05 bits per heavy atom. The van der Waals surface area contributed by atoms with E-state index in [1.807, 2.05) is 12.3 Å². The molecule has 3 nitrogen and oxygen atoms in total. The Bertz CT molecular complexity index is 578. The fourth-order valence-electron chi connectivity index (χ4n) is 1.55. The Hall–Kier alpha value is -1.63. The van der Waals surface area contributed by atoms with Crippen molar-refractivity contribution in [2.75, 3.05) is 5.73 Å². The highest BCUT2D eigenvalue weighted by atomic mass is 32.2. The maximum atomic E-state index is 12.5. The number of nitrogen functional groups attached to an aromatic ring is 1. The minimum absolute atomic E-state index is 0.135. The van der Waals surface area contributed by atoms with Gasteiger partial charge in [0.25, 0.3) is 0 Å². The molecule has 0 atom stereocenters. The van der Waals surface area contributed by atoms with E-state index in [-0.39, 0.29) is 5.69 Å². The van der Waals surface area contributed by atoms with Crippen molar-refractivity contribution in [1.82, 2.24) is 9.78 Å². The molecule has 19 heavy (non-hydrogen) atoms. The number of nitrogens with zero attached hydrogens (tertiary/aromatic N) is 2. The second-order valence-corrected chi connectivity index (χ2v) is 5.04. The van der Waals surface area contributed by atoms with E-state index < -0.39 is 11.7 Å². The van der Waals surface area contributed by atoms with Gasteiger partial charge in [0.15, 0.2) is 0 Å². The van der Waals surface area contributed by atoms with Crippen LogP contribution in [0.5, 0.6) is 0 Å². The molecule has 2 rings (SSSR count). The predicted molar refractivity (Wildman–Crippen MR) is 68.6 cm³/mol. The van der Waals surface area contributed by atoms with Crippen molar-refractivity contribution in [3.8, 4) is 0 Å². The van der Waals surface area contributed by atoms with Crippen LogP contribution in [0.2, 0.25) is 0 Å². The normalized spacial score (nSPS) is 11.8. The number of rotatable bonds is 3. The quantitative estimate of drug-likeness (QED) is 0.695. The summed E-state index contributed by atoms with van der Waals surface area (Å²) >= 11 is 1.36. The minimum Gasteiger partial charge on any atom is -0.398 e. The summed E-state index contributed by atoms with van der Waals surface area (Å²) < 4.78 is 39.1. The van der Waals surface area contributed by atoms with E-state index in [9.17, 15) is 13.2 Å². The first-order valence-corrected chi connectivity index (χ1v) is 6.43. The van der Waals surface area contributed by atoms with Gasteiger partial charge in [-0.05, 0) is 24.3 Å². The Labute approximate surface area is 112 Å². The minimum atomic E-state index is -4.36. The van der Waals surface area contributed by atoms with E-state index in [0.29, 0.717) is 10.6 Å². The highest BCUT2D eigenvalue weighted by Crippen LogP contribution is 2.35. The molecule has 0 bridgehead atoms. The third kappa shape index (κ3) is 3.44. The van der Waals surface area contributed by atoms with Gasteiger partial charge in [-0.15, -0.1) is 11.8 Å². The zero-order chi connectivity index (χ0) is 14.0. The number of benzene rings is 1. The third-order valence-electron chi connectivity index (χ3n) is 2.48. The Morgan fingerprint density at radius 3 is 2.58 bits per heavy atom. The molecule has 0 saturated carbocycles. The van der Waals surface area contributed by atoms with Gasteiger partial charge in [-0.2, -0.15) is 18.3 Å². The molecule has 1 aromatic carbocycles. The lowest BCUT2D eigenvalue weighted by atomic mass is 10.2. The molecule has 7 heteroatoms. The van der Waals surface area contributed by atoms with Crippen LogP contribution < -0.4 is 5.73 Å². The number of thioether (sulfide) groups is 1. The van der Waals surface area contributed by atoms with Gasteiger partial charge in [-0.25, -0.2) is 0 Å². The van der Waals surface area contributed by atoms with E-state index in [2.05, 4.69) is 5.10 Å². The summed E-state index contributed by atoms with van der Waals surface area (Å²) in [7, 11) is 1.81. The van der Waals surface area contributed by atoms with Crippen LogP contribution in [0, 0.1) is 0 Å². The summed E-state index contributed by atoms with van der Waals surface area (Å²) in [5.74, 6) is 0.566. The second-order valence-electron chi connectivity index (χ2n) is 4.02. The van der Waals surface area contributed by atoms with Crippen LogP contribution in [-0.2, 0) is 19.0 Å². The number of nitrogens with two attached hydrogens (primary N) is 1. The van der Waals surface area contributed by atoms with E-state index in [1.165, 1.54) is 17.8 Å². The van der Waals surface area contributed by atoms with Gasteiger partial charge in [-0.3, -0.25) is 4.68 Å². The van der Waals surface area contributed by atoms with Crippen LogP contribution in [0.1, 0.15) is 11.3 Å². The largest absolute Gasteiger partial charge is 0.416 e. The molecule has 2 aromatic rings. The van der Waals surface area contributed by atoms with Crippen LogP contribution in [-0.4, -0.2) is 9.78 Å². The number of anilines is 1. The standard InChI is InChI=1S/C12H12F3N3S/c1-18-5-4-9(17-18)7-19-11-3-2-8(6-10(11)16)12(13,14)15/h2-6H,7,16H2,1H3.